The summed E-state index contributed by atoms with van der Waals surface area (Å²) in [5.74, 6) is 0. The van der Waals surface area contributed by atoms with Crippen LogP contribution in [0.25, 0.3) is 0 Å². The third-order valence-electron chi connectivity index (χ3n) is 2.18. The maximum absolute atomic E-state index is 5.25. The van der Waals surface area contributed by atoms with Gasteiger partial charge in [0.25, 0.3) is 0 Å². The maximum Gasteiger partial charge on any atom is 0.169 e. The van der Waals surface area contributed by atoms with Crippen molar-refractivity contribution in [2.45, 2.75) is 19.9 Å². The second-order valence-electron chi connectivity index (χ2n) is 3.14. The van der Waals surface area contributed by atoms with Crippen LogP contribution in [0.1, 0.15) is 24.8 Å². The van der Waals surface area contributed by atoms with Crippen LogP contribution in [0, 0.1) is 0 Å². The second-order valence-corrected chi connectivity index (χ2v) is 4.50. The maximum atomic E-state index is 5.25. The summed E-state index contributed by atoms with van der Waals surface area (Å²) in [6, 6.07) is 4.56. The molecule has 1 heterocycles. The lowest BCUT2D eigenvalue weighted by atomic mass is 10.2. The van der Waals surface area contributed by atoms with Gasteiger partial charge in [0.2, 0.25) is 0 Å². The summed E-state index contributed by atoms with van der Waals surface area (Å²) in [4.78, 5) is 3.43. The number of nitrogens with one attached hydrogen (secondary N) is 1. The summed E-state index contributed by atoms with van der Waals surface area (Å²) in [5, 5.41) is 6.06. The Morgan fingerprint density at radius 2 is 2.43 bits per heavy atom. The predicted octanol–water partition coefficient (Wildman–Crippen LogP) is 2.64. The van der Waals surface area contributed by atoms with Crippen LogP contribution in [0.15, 0.2) is 17.5 Å². The average Bonchev–Trinajstić information content (AvgIpc) is 2.68. The fourth-order valence-electron chi connectivity index (χ4n) is 1.17. The van der Waals surface area contributed by atoms with Crippen LogP contribution in [-0.4, -0.2) is 23.6 Å². The van der Waals surface area contributed by atoms with Gasteiger partial charge in [0.15, 0.2) is 5.11 Å². The minimum Gasteiger partial charge on any atom is -0.363 e. The van der Waals surface area contributed by atoms with E-state index in [2.05, 4.69) is 41.6 Å². The highest BCUT2D eigenvalue weighted by Crippen LogP contribution is 2.23. The minimum atomic E-state index is 0.349. The molecule has 0 fully saturated rings. The molecule has 0 saturated heterocycles. The largest absolute Gasteiger partial charge is 0.363 e. The van der Waals surface area contributed by atoms with Crippen molar-refractivity contribution in [3.8, 4) is 0 Å². The van der Waals surface area contributed by atoms with E-state index in [4.69, 9.17) is 12.2 Å². The van der Waals surface area contributed by atoms with Crippen molar-refractivity contribution in [2.75, 3.05) is 13.6 Å². The molecule has 0 saturated carbocycles. The number of hydrogen-bond donors (Lipinski definition) is 1. The molecule has 0 radical (unpaired) electrons. The molecular formula is C10H16N2S2. The molecule has 1 atom stereocenters. The van der Waals surface area contributed by atoms with Crippen molar-refractivity contribution in [1.82, 2.24) is 10.2 Å². The Labute approximate surface area is 94.9 Å². The van der Waals surface area contributed by atoms with E-state index in [1.165, 1.54) is 4.88 Å². The summed E-state index contributed by atoms with van der Waals surface area (Å²) in [5.41, 5.74) is 0. The van der Waals surface area contributed by atoms with Gasteiger partial charge in [-0.2, -0.15) is 0 Å². The molecule has 0 amide bonds. The Kier molecular flexibility index (Phi) is 4.35. The first-order valence-corrected chi connectivity index (χ1v) is 5.99. The van der Waals surface area contributed by atoms with Crippen LogP contribution >= 0.6 is 23.6 Å². The van der Waals surface area contributed by atoms with Gasteiger partial charge in [0.1, 0.15) is 0 Å². The standard InChI is InChI=1S/C10H16N2S2/c1-4-11-10(13)12(3)8(2)9-6-5-7-14-9/h5-8H,4H2,1-3H3,(H,11,13). The van der Waals surface area contributed by atoms with Crippen molar-refractivity contribution in [3.05, 3.63) is 22.4 Å². The van der Waals surface area contributed by atoms with Crippen LogP contribution in [-0.2, 0) is 0 Å². The van der Waals surface area contributed by atoms with E-state index < -0.39 is 0 Å². The summed E-state index contributed by atoms with van der Waals surface area (Å²) in [6.07, 6.45) is 0. The molecule has 0 aliphatic carbocycles. The quantitative estimate of drug-likeness (QED) is 0.801. The molecule has 1 N–H and O–H groups in total. The average molecular weight is 228 g/mol. The Bertz CT molecular complexity index is 282. The Hall–Kier alpha value is -0.610. The lowest BCUT2D eigenvalue weighted by Gasteiger charge is -2.26. The van der Waals surface area contributed by atoms with E-state index >= 15 is 0 Å². The smallest absolute Gasteiger partial charge is 0.169 e. The van der Waals surface area contributed by atoms with E-state index in [9.17, 15) is 0 Å². The number of thiophene rings is 1. The number of nitrogens with zero attached hydrogens (tertiary/aromatic N) is 1. The van der Waals surface area contributed by atoms with Crippen molar-refractivity contribution in [1.29, 1.82) is 0 Å². The van der Waals surface area contributed by atoms with Gasteiger partial charge in [-0.15, -0.1) is 11.3 Å². The normalized spacial score (nSPS) is 12.2. The molecule has 0 spiro atoms. The minimum absolute atomic E-state index is 0.349. The fraction of sp³-hybridized carbons (Fsp3) is 0.500. The lowest BCUT2D eigenvalue weighted by molar-refractivity contribution is 0.402. The summed E-state index contributed by atoms with van der Waals surface area (Å²) < 4.78 is 0. The zero-order valence-electron chi connectivity index (χ0n) is 8.78. The van der Waals surface area contributed by atoms with E-state index in [0.29, 0.717) is 6.04 Å². The topological polar surface area (TPSA) is 15.3 Å². The SMILES string of the molecule is CCNC(=S)N(C)C(C)c1cccs1. The third-order valence-corrected chi connectivity index (χ3v) is 3.66. The van der Waals surface area contributed by atoms with Gasteiger partial charge in [-0.25, -0.2) is 0 Å². The predicted molar refractivity (Wildman–Crippen MR) is 66.8 cm³/mol. The number of rotatable bonds is 3. The number of hydrogen-bond acceptors (Lipinski definition) is 2. The van der Waals surface area contributed by atoms with Crippen molar-refractivity contribution in [2.24, 2.45) is 0 Å². The van der Waals surface area contributed by atoms with Crippen LogP contribution in [0.4, 0.5) is 0 Å². The highest BCUT2D eigenvalue weighted by atomic mass is 32.1. The van der Waals surface area contributed by atoms with E-state index in [-0.39, 0.29) is 0 Å². The molecule has 1 unspecified atom stereocenters. The molecule has 1 aromatic heterocycles. The van der Waals surface area contributed by atoms with Gasteiger partial charge in [-0.3, -0.25) is 0 Å². The molecule has 4 heteroatoms. The molecule has 2 nitrogen and oxygen atoms in total. The van der Waals surface area contributed by atoms with Crippen LogP contribution in [0.2, 0.25) is 0 Å². The molecule has 0 aliphatic rings. The fourth-order valence-corrected chi connectivity index (χ4v) is 2.30. The zero-order valence-corrected chi connectivity index (χ0v) is 10.4. The Balaban J connectivity index is 2.61. The Morgan fingerprint density at radius 1 is 1.71 bits per heavy atom. The second kappa shape index (κ2) is 5.32. The first-order chi connectivity index (χ1) is 6.66. The molecule has 0 aliphatic heterocycles. The molecule has 1 aromatic rings. The van der Waals surface area contributed by atoms with E-state index in [1.54, 1.807) is 11.3 Å². The van der Waals surface area contributed by atoms with Crippen LogP contribution in [0.3, 0.4) is 0 Å². The number of thiocarbonyl (C=S) groups is 1. The molecular weight excluding hydrogens is 212 g/mol. The Morgan fingerprint density at radius 3 is 2.93 bits per heavy atom. The summed E-state index contributed by atoms with van der Waals surface area (Å²) >= 11 is 7.01. The van der Waals surface area contributed by atoms with Crippen LogP contribution < -0.4 is 5.32 Å². The molecule has 14 heavy (non-hydrogen) atoms. The van der Waals surface area contributed by atoms with Crippen LogP contribution in [0.5, 0.6) is 0 Å². The molecule has 0 bridgehead atoms. The summed E-state index contributed by atoms with van der Waals surface area (Å²) in [7, 11) is 2.02. The van der Waals surface area contributed by atoms with Gasteiger partial charge >= 0.3 is 0 Å². The van der Waals surface area contributed by atoms with Gasteiger partial charge < -0.3 is 10.2 Å². The first-order valence-electron chi connectivity index (χ1n) is 4.70. The monoisotopic (exact) mass is 228 g/mol. The van der Waals surface area contributed by atoms with Crippen molar-refractivity contribution >= 4 is 28.7 Å². The molecule has 78 valence electrons. The lowest BCUT2D eigenvalue weighted by Crippen LogP contribution is -2.38. The highest BCUT2D eigenvalue weighted by Gasteiger charge is 2.14. The van der Waals surface area contributed by atoms with Gasteiger partial charge in [0.05, 0.1) is 6.04 Å². The summed E-state index contributed by atoms with van der Waals surface area (Å²) in [6.45, 7) is 5.09. The highest BCUT2D eigenvalue weighted by molar-refractivity contribution is 7.80. The van der Waals surface area contributed by atoms with Gasteiger partial charge in [-0.05, 0) is 37.5 Å². The van der Waals surface area contributed by atoms with E-state index in [1.807, 2.05) is 7.05 Å². The zero-order chi connectivity index (χ0) is 10.6. The van der Waals surface area contributed by atoms with Gasteiger partial charge in [0, 0.05) is 18.5 Å². The van der Waals surface area contributed by atoms with E-state index in [0.717, 1.165) is 11.7 Å². The first kappa shape index (κ1) is 11.5. The van der Waals surface area contributed by atoms with Crippen molar-refractivity contribution < 1.29 is 0 Å². The van der Waals surface area contributed by atoms with Gasteiger partial charge in [-0.1, -0.05) is 6.07 Å². The van der Waals surface area contributed by atoms with Crippen molar-refractivity contribution in [3.63, 3.8) is 0 Å². The molecule has 0 aromatic carbocycles. The third kappa shape index (κ3) is 2.69. The molecule has 1 rings (SSSR count).